The van der Waals surface area contributed by atoms with E-state index in [0.717, 1.165) is 43.2 Å². The smallest absolute Gasteiger partial charge is 0.223 e. The van der Waals surface area contributed by atoms with Gasteiger partial charge in [0.1, 0.15) is 17.6 Å². The predicted molar refractivity (Wildman–Crippen MR) is 94.4 cm³/mol. The van der Waals surface area contributed by atoms with Crippen LogP contribution in [0.4, 0.5) is 0 Å². The van der Waals surface area contributed by atoms with Crippen molar-refractivity contribution in [3.05, 3.63) is 48.0 Å². The number of para-hydroxylation sites is 1. The van der Waals surface area contributed by atoms with Crippen molar-refractivity contribution < 1.29 is 9.53 Å². The third kappa shape index (κ3) is 3.14. The van der Waals surface area contributed by atoms with Gasteiger partial charge in [0.05, 0.1) is 6.61 Å². The van der Waals surface area contributed by atoms with Crippen LogP contribution in [0, 0.1) is 0 Å². The fourth-order valence-electron chi connectivity index (χ4n) is 3.89. The first-order chi connectivity index (χ1) is 12.2. The minimum absolute atomic E-state index is 0.00339. The molecule has 2 aromatic rings. The topological polar surface area (TPSA) is 59.4 Å². The molecule has 0 bridgehead atoms. The number of benzene rings is 1. The molecule has 6 heteroatoms. The van der Waals surface area contributed by atoms with E-state index in [9.17, 15) is 4.79 Å². The molecule has 0 radical (unpaired) electrons. The Kier molecular flexibility index (Phi) is 4.44. The lowest BCUT2D eigenvalue weighted by Crippen LogP contribution is -2.49. The van der Waals surface area contributed by atoms with Crippen molar-refractivity contribution in [3.8, 4) is 5.75 Å². The number of aryl methyl sites for hydroxylation is 1. The molecule has 132 valence electrons. The lowest BCUT2D eigenvalue weighted by Gasteiger charge is -2.37. The first-order valence-electron chi connectivity index (χ1n) is 8.93. The van der Waals surface area contributed by atoms with Crippen LogP contribution in [0.2, 0.25) is 0 Å². The van der Waals surface area contributed by atoms with Crippen LogP contribution in [-0.4, -0.2) is 46.6 Å². The van der Waals surface area contributed by atoms with Crippen LogP contribution in [0.5, 0.6) is 5.75 Å². The van der Waals surface area contributed by atoms with E-state index < -0.39 is 0 Å². The van der Waals surface area contributed by atoms with Gasteiger partial charge in [-0.25, -0.2) is 4.98 Å². The van der Waals surface area contributed by atoms with Gasteiger partial charge < -0.3 is 19.5 Å². The number of imidazole rings is 1. The number of carbonyl (C=O) groups is 1. The number of hydrogen-bond donors (Lipinski definition) is 1. The monoisotopic (exact) mass is 340 g/mol. The summed E-state index contributed by atoms with van der Waals surface area (Å²) in [6.45, 7) is 2.98. The summed E-state index contributed by atoms with van der Waals surface area (Å²) < 4.78 is 7.73. The van der Waals surface area contributed by atoms with Crippen LogP contribution < -0.4 is 10.1 Å². The highest BCUT2D eigenvalue weighted by Crippen LogP contribution is 2.36. The molecule has 2 atom stereocenters. The Hall–Kier alpha value is -2.34. The van der Waals surface area contributed by atoms with E-state index in [0.29, 0.717) is 13.0 Å². The lowest BCUT2D eigenvalue weighted by atomic mass is 9.89. The van der Waals surface area contributed by atoms with Crippen molar-refractivity contribution in [1.29, 1.82) is 0 Å². The van der Waals surface area contributed by atoms with E-state index in [-0.39, 0.29) is 17.9 Å². The molecule has 2 unspecified atom stereocenters. The number of hydrogen-bond acceptors (Lipinski definition) is 4. The average Bonchev–Trinajstić information content (AvgIpc) is 3.08. The Morgan fingerprint density at radius 2 is 2.28 bits per heavy atom. The van der Waals surface area contributed by atoms with Gasteiger partial charge in [0, 0.05) is 45.5 Å². The zero-order chi connectivity index (χ0) is 17.2. The summed E-state index contributed by atoms with van der Waals surface area (Å²) in [5.41, 5.74) is 1.16. The summed E-state index contributed by atoms with van der Waals surface area (Å²) >= 11 is 0. The fourth-order valence-corrected chi connectivity index (χ4v) is 3.89. The van der Waals surface area contributed by atoms with Gasteiger partial charge >= 0.3 is 0 Å². The third-order valence-corrected chi connectivity index (χ3v) is 5.22. The molecule has 2 aliphatic heterocycles. The van der Waals surface area contributed by atoms with Gasteiger partial charge in [0.15, 0.2) is 0 Å². The Morgan fingerprint density at radius 1 is 1.40 bits per heavy atom. The highest BCUT2D eigenvalue weighted by atomic mass is 16.5. The minimum atomic E-state index is -0.00339. The number of amides is 1. The molecule has 2 aliphatic rings. The maximum atomic E-state index is 13.1. The molecule has 6 nitrogen and oxygen atoms in total. The van der Waals surface area contributed by atoms with Gasteiger partial charge in [0.2, 0.25) is 5.91 Å². The Bertz CT molecular complexity index is 757. The van der Waals surface area contributed by atoms with Crippen LogP contribution >= 0.6 is 0 Å². The molecular weight excluding hydrogens is 316 g/mol. The van der Waals surface area contributed by atoms with E-state index in [1.807, 2.05) is 40.9 Å². The molecule has 3 heterocycles. The predicted octanol–water partition coefficient (Wildman–Crippen LogP) is 1.85. The summed E-state index contributed by atoms with van der Waals surface area (Å²) in [5.74, 6) is 2.30. The molecule has 1 amide bonds. The van der Waals surface area contributed by atoms with Crippen LogP contribution in [0.1, 0.15) is 36.2 Å². The molecule has 1 fully saturated rings. The Balaban J connectivity index is 1.53. The maximum absolute atomic E-state index is 13.1. The second-order valence-corrected chi connectivity index (χ2v) is 6.78. The molecule has 1 aromatic carbocycles. The van der Waals surface area contributed by atoms with E-state index in [2.05, 4.69) is 16.4 Å². The van der Waals surface area contributed by atoms with Gasteiger partial charge in [0.25, 0.3) is 0 Å². The van der Waals surface area contributed by atoms with Crippen molar-refractivity contribution >= 4 is 5.91 Å². The first-order valence-corrected chi connectivity index (χ1v) is 8.93. The molecule has 1 aromatic heterocycles. The van der Waals surface area contributed by atoms with E-state index in [1.165, 1.54) is 0 Å². The highest BCUT2D eigenvalue weighted by Gasteiger charge is 2.32. The molecule has 25 heavy (non-hydrogen) atoms. The first kappa shape index (κ1) is 16.1. The van der Waals surface area contributed by atoms with E-state index in [1.54, 1.807) is 6.20 Å². The average molecular weight is 340 g/mol. The Labute approximate surface area is 147 Å². The number of aromatic nitrogens is 2. The number of nitrogens with one attached hydrogen (secondary N) is 1. The van der Waals surface area contributed by atoms with Gasteiger partial charge in [-0.15, -0.1) is 0 Å². The molecule has 0 saturated carbocycles. The van der Waals surface area contributed by atoms with Gasteiger partial charge in [-0.3, -0.25) is 4.79 Å². The Morgan fingerprint density at radius 3 is 3.12 bits per heavy atom. The van der Waals surface area contributed by atoms with Crippen LogP contribution in [0.25, 0.3) is 0 Å². The van der Waals surface area contributed by atoms with Gasteiger partial charge in [-0.05, 0) is 24.0 Å². The van der Waals surface area contributed by atoms with E-state index in [4.69, 9.17) is 4.74 Å². The summed E-state index contributed by atoms with van der Waals surface area (Å²) in [7, 11) is 1.98. The fraction of sp³-hybridized carbons (Fsp3) is 0.474. The standard InChI is InChI=1S/C19H24N4O2/c1-22-9-8-21-19(22)16-13-20-7-10-23(16)18(24)12-14-6-11-25-17-5-3-2-4-15(14)17/h2-5,8-9,14,16,20H,6-7,10-13H2,1H3. The van der Waals surface area contributed by atoms with Crippen molar-refractivity contribution in [2.24, 2.45) is 7.05 Å². The zero-order valence-corrected chi connectivity index (χ0v) is 14.5. The normalized spacial score (nSPS) is 23.0. The molecule has 1 saturated heterocycles. The third-order valence-electron chi connectivity index (χ3n) is 5.22. The van der Waals surface area contributed by atoms with E-state index >= 15 is 0 Å². The van der Waals surface area contributed by atoms with Crippen molar-refractivity contribution in [1.82, 2.24) is 19.8 Å². The van der Waals surface area contributed by atoms with Crippen molar-refractivity contribution in [2.45, 2.75) is 24.8 Å². The summed E-state index contributed by atoms with van der Waals surface area (Å²) in [6.07, 6.45) is 5.14. The summed E-state index contributed by atoms with van der Waals surface area (Å²) in [4.78, 5) is 19.6. The number of rotatable bonds is 3. The largest absolute Gasteiger partial charge is 0.493 e. The maximum Gasteiger partial charge on any atom is 0.223 e. The highest BCUT2D eigenvalue weighted by molar-refractivity contribution is 5.78. The summed E-state index contributed by atoms with van der Waals surface area (Å²) in [5, 5.41) is 3.39. The second-order valence-electron chi connectivity index (χ2n) is 6.78. The second kappa shape index (κ2) is 6.88. The minimum Gasteiger partial charge on any atom is -0.493 e. The number of nitrogens with zero attached hydrogens (tertiary/aromatic N) is 3. The summed E-state index contributed by atoms with van der Waals surface area (Å²) in [6, 6.07) is 8.08. The van der Waals surface area contributed by atoms with Gasteiger partial charge in [-0.2, -0.15) is 0 Å². The van der Waals surface area contributed by atoms with Gasteiger partial charge in [-0.1, -0.05) is 18.2 Å². The number of ether oxygens (including phenoxy) is 1. The molecule has 1 N–H and O–H groups in total. The van der Waals surface area contributed by atoms with Crippen LogP contribution in [-0.2, 0) is 11.8 Å². The lowest BCUT2D eigenvalue weighted by molar-refractivity contribution is -0.135. The SMILES string of the molecule is Cn1ccnc1C1CNCCN1C(=O)CC1CCOc2ccccc21. The molecule has 0 spiro atoms. The number of fused-ring (bicyclic) bond motifs is 1. The zero-order valence-electron chi connectivity index (χ0n) is 14.5. The van der Waals surface area contributed by atoms with Crippen LogP contribution in [0.15, 0.2) is 36.7 Å². The van der Waals surface area contributed by atoms with Crippen molar-refractivity contribution in [3.63, 3.8) is 0 Å². The molecular formula is C19H24N4O2. The molecule has 0 aliphatic carbocycles. The molecule has 4 rings (SSSR count). The quantitative estimate of drug-likeness (QED) is 0.926. The number of carbonyl (C=O) groups excluding carboxylic acids is 1. The number of piperazine rings is 1. The van der Waals surface area contributed by atoms with Crippen molar-refractivity contribution in [2.75, 3.05) is 26.2 Å². The van der Waals surface area contributed by atoms with Crippen LogP contribution in [0.3, 0.4) is 0 Å².